The van der Waals surface area contributed by atoms with Crippen LogP contribution in [0.1, 0.15) is 12.5 Å². The number of hydrogen-bond acceptors (Lipinski definition) is 4. The number of benzene rings is 2. The van der Waals surface area contributed by atoms with Crippen LogP contribution in [0.5, 0.6) is 11.5 Å². The number of hydrogen-bond donors (Lipinski definition) is 1. The lowest BCUT2D eigenvalue weighted by molar-refractivity contribution is -0.117. The molecule has 0 aliphatic carbocycles. The number of methoxy groups -OCH3 is 2. The number of rotatable bonds is 8. The zero-order valence-electron chi connectivity index (χ0n) is 14.4. The molecule has 0 bridgehead atoms. The quantitative estimate of drug-likeness (QED) is 0.809. The molecule has 0 fully saturated rings. The van der Waals surface area contributed by atoms with E-state index in [1.807, 2.05) is 55.5 Å². The Hall–Kier alpha value is -2.53. The van der Waals surface area contributed by atoms with Crippen LogP contribution in [0, 0.1) is 0 Å². The van der Waals surface area contributed by atoms with Crippen LogP contribution in [-0.4, -0.2) is 38.1 Å². The van der Waals surface area contributed by atoms with E-state index in [0.717, 1.165) is 17.8 Å². The summed E-state index contributed by atoms with van der Waals surface area (Å²) in [6, 6.07) is 15.3. The molecule has 0 aliphatic heterocycles. The topological polar surface area (TPSA) is 50.8 Å². The van der Waals surface area contributed by atoms with E-state index in [9.17, 15) is 4.79 Å². The molecule has 5 nitrogen and oxygen atoms in total. The second-order valence-electron chi connectivity index (χ2n) is 5.41. The molecule has 0 spiro atoms. The highest BCUT2D eigenvalue weighted by atomic mass is 16.5. The minimum Gasteiger partial charge on any atom is -0.493 e. The van der Waals surface area contributed by atoms with Gasteiger partial charge in [-0.3, -0.25) is 9.69 Å². The van der Waals surface area contributed by atoms with Crippen molar-refractivity contribution in [1.82, 2.24) is 4.90 Å². The lowest BCUT2D eigenvalue weighted by Gasteiger charge is -2.20. The molecule has 0 aromatic heterocycles. The van der Waals surface area contributed by atoms with Crippen molar-refractivity contribution in [3.05, 3.63) is 54.1 Å². The molecule has 0 atom stereocenters. The van der Waals surface area contributed by atoms with E-state index in [2.05, 4.69) is 10.2 Å². The van der Waals surface area contributed by atoms with Gasteiger partial charge >= 0.3 is 0 Å². The van der Waals surface area contributed by atoms with Crippen LogP contribution in [0.3, 0.4) is 0 Å². The van der Waals surface area contributed by atoms with Gasteiger partial charge in [0.25, 0.3) is 0 Å². The molecule has 1 amide bonds. The fraction of sp³-hybridized carbons (Fsp3) is 0.316. The first-order valence-electron chi connectivity index (χ1n) is 7.94. The summed E-state index contributed by atoms with van der Waals surface area (Å²) in [7, 11) is 3.23. The first kappa shape index (κ1) is 17.8. The second kappa shape index (κ2) is 8.93. The predicted molar refractivity (Wildman–Crippen MR) is 95.6 cm³/mol. The highest BCUT2D eigenvalue weighted by molar-refractivity contribution is 5.92. The Kier molecular flexibility index (Phi) is 6.63. The van der Waals surface area contributed by atoms with Gasteiger partial charge < -0.3 is 14.8 Å². The molecule has 0 aliphatic rings. The number of carbonyl (C=O) groups excluding carboxylic acids is 1. The summed E-state index contributed by atoms with van der Waals surface area (Å²) in [4.78, 5) is 14.3. The average molecular weight is 328 g/mol. The summed E-state index contributed by atoms with van der Waals surface area (Å²) >= 11 is 0. The standard InChI is InChI=1S/C19H24N2O3/c1-4-21(14-19(22)20-16-8-6-5-7-9-16)13-15-10-11-17(23-2)18(12-15)24-3/h5-12H,4,13-14H2,1-3H3,(H,20,22). The van der Waals surface area contributed by atoms with Crippen molar-refractivity contribution in [3.63, 3.8) is 0 Å². The first-order chi connectivity index (χ1) is 11.7. The summed E-state index contributed by atoms with van der Waals surface area (Å²) in [5, 5.41) is 2.91. The Bertz CT molecular complexity index is 659. The van der Waals surface area contributed by atoms with Crippen LogP contribution in [-0.2, 0) is 11.3 Å². The Morgan fingerprint density at radius 1 is 1.04 bits per heavy atom. The van der Waals surface area contributed by atoms with Gasteiger partial charge in [-0.1, -0.05) is 31.2 Å². The third-order valence-corrected chi connectivity index (χ3v) is 3.73. The average Bonchev–Trinajstić information content (AvgIpc) is 2.61. The third kappa shape index (κ3) is 4.99. The fourth-order valence-corrected chi connectivity index (χ4v) is 2.44. The van der Waals surface area contributed by atoms with Crippen LogP contribution < -0.4 is 14.8 Å². The molecule has 0 saturated carbocycles. The Balaban J connectivity index is 1.97. The molecule has 0 unspecified atom stereocenters. The molecule has 0 saturated heterocycles. The van der Waals surface area contributed by atoms with Crippen molar-refractivity contribution in [2.24, 2.45) is 0 Å². The van der Waals surface area contributed by atoms with Crippen molar-refractivity contribution in [2.75, 3.05) is 32.6 Å². The molecule has 128 valence electrons. The number of nitrogens with one attached hydrogen (secondary N) is 1. The lowest BCUT2D eigenvalue weighted by Crippen LogP contribution is -2.32. The lowest BCUT2D eigenvalue weighted by atomic mass is 10.2. The number of para-hydroxylation sites is 1. The molecule has 24 heavy (non-hydrogen) atoms. The molecule has 0 radical (unpaired) electrons. The Morgan fingerprint density at radius 2 is 1.75 bits per heavy atom. The SMILES string of the molecule is CCN(CC(=O)Nc1ccccc1)Cc1ccc(OC)c(OC)c1. The van der Waals surface area contributed by atoms with Crippen LogP contribution in [0.2, 0.25) is 0 Å². The number of ether oxygens (including phenoxy) is 2. The minimum atomic E-state index is -0.0245. The van der Waals surface area contributed by atoms with Crippen molar-refractivity contribution >= 4 is 11.6 Å². The molecular formula is C19H24N2O3. The van der Waals surface area contributed by atoms with E-state index in [1.165, 1.54) is 0 Å². The summed E-state index contributed by atoms with van der Waals surface area (Å²) in [5.74, 6) is 1.37. The smallest absolute Gasteiger partial charge is 0.238 e. The number of carbonyl (C=O) groups is 1. The monoisotopic (exact) mass is 328 g/mol. The van der Waals surface area contributed by atoms with Gasteiger partial charge in [0.15, 0.2) is 11.5 Å². The minimum absolute atomic E-state index is 0.0245. The van der Waals surface area contributed by atoms with E-state index in [4.69, 9.17) is 9.47 Å². The number of likely N-dealkylation sites (N-methyl/N-ethyl adjacent to an activating group) is 1. The predicted octanol–water partition coefficient (Wildman–Crippen LogP) is 3.16. The third-order valence-electron chi connectivity index (χ3n) is 3.73. The van der Waals surface area contributed by atoms with Crippen LogP contribution in [0.4, 0.5) is 5.69 Å². The van der Waals surface area contributed by atoms with Crippen LogP contribution in [0.25, 0.3) is 0 Å². The van der Waals surface area contributed by atoms with E-state index in [0.29, 0.717) is 24.6 Å². The van der Waals surface area contributed by atoms with Gasteiger partial charge in [-0.2, -0.15) is 0 Å². The van der Waals surface area contributed by atoms with Crippen molar-refractivity contribution < 1.29 is 14.3 Å². The van der Waals surface area contributed by atoms with Gasteiger partial charge in [0.2, 0.25) is 5.91 Å². The molecular weight excluding hydrogens is 304 g/mol. The molecule has 1 N–H and O–H groups in total. The highest BCUT2D eigenvalue weighted by Gasteiger charge is 2.12. The number of amides is 1. The maximum absolute atomic E-state index is 12.2. The van der Waals surface area contributed by atoms with E-state index >= 15 is 0 Å². The number of anilines is 1. The molecule has 0 heterocycles. The van der Waals surface area contributed by atoms with Gasteiger partial charge in [0, 0.05) is 12.2 Å². The number of nitrogens with zero attached hydrogens (tertiary/aromatic N) is 1. The van der Waals surface area contributed by atoms with Gasteiger partial charge in [-0.05, 0) is 36.4 Å². The normalized spacial score (nSPS) is 10.5. The summed E-state index contributed by atoms with van der Waals surface area (Å²) in [5.41, 5.74) is 1.88. The summed E-state index contributed by atoms with van der Waals surface area (Å²) < 4.78 is 10.6. The zero-order chi connectivity index (χ0) is 17.4. The van der Waals surface area contributed by atoms with Crippen molar-refractivity contribution in [1.29, 1.82) is 0 Å². The van der Waals surface area contributed by atoms with E-state index < -0.39 is 0 Å². The Morgan fingerprint density at radius 3 is 2.38 bits per heavy atom. The molecule has 2 rings (SSSR count). The van der Waals surface area contributed by atoms with E-state index in [1.54, 1.807) is 14.2 Å². The van der Waals surface area contributed by atoms with Crippen molar-refractivity contribution in [3.8, 4) is 11.5 Å². The molecule has 5 heteroatoms. The highest BCUT2D eigenvalue weighted by Crippen LogP contribution is 2.28. The molecule has 2 aromatic rings. The van der Waals surface area contributed by atoms with Gasteiger partial charge in [0.05, 0.1) is 20.8 Å². The molecule has 2 aromatic carbocycles. The fourth-order valence-electron chi connectivity index (χ4n) is 2.44. The van der Waals surface area contributed by atoms with Gasteiger partial charge in [0.1, 0.15) is 0 Å². The maximum atomic E-state index is 12.2. The first-order valence-corrected chi connectivity index (χ1v) is 7.94. The second-order valence-corrected chi connectivity index (χ2v) is 5.41. The van der Waals surface area contributed by atoms with E-state index in [-0.39, 0.29) is 5.91 Å². The van der Waals surface area contributed by atoms with Gasteiger partial charge in [-0.15, -0.1) is 0 Å². The maximum Gasteiger partial charge on any atom is 0.238 e. The summed E-state index contributed by atoms with van der Waals surface area (Å²) in [6.07, 6.45) is 0. The van der Waals surface area contributed by atoms with Crippen molar-refractivity contribution in [2.45, 2.75) is 13.5 Å². The van der Waals surface area contributed by atoms with Gasteiger partial charge in [-0.25, -0.2) is 0 Å². The Labute approximate surface area is 143 Å². The zero-order valence-corrected chi connectivity index (χ0v) is 14.4. The largest absolute Gasteiger partial charge is 0.493 e. The van der Waals surface area contributed by atoms with Crippen LogP contribution in [0.15, 0.2) is 48.5 Å². The summed E-state index contributed by atoms with van der Waals surface area (Å²) in [6.45, 7) is 3.81. The van der Waals surface area contributed by atoms with Crippen LogP contribution >= 0.6 is 0 Å².